The second-order valence-corrected chi connectivity index (χ2v) is 12.2. The van der Waals surface area contributed by atoms with E-state index in [0.29, 0.717) is 22.2 Å². The van der Waals surface area contributed by atoms with Crippen LogP contribution in [0.15, 0.2) is 64.1 Å². The molecule has 1 aliphatic carbocycles. The molecule has 1 atom stereocenters. The van der Waals surface area contributed by atoms with Gasteiger partial charge >= 0.3 is 6.18 Å². The van der Waals surface area contributed by atoms with E-state index >= 15 is 4.39 Å². The molecular weight excluding hydrogens is 564 g/mol. The zero-order valence-corrected chi connectivity index (χ0v) is 23.2. The van der Waals surface area contributed by atoms with Gasteiger partial charge in [-0.25, -0.2) is 12.8 Å². The zero-order chi connectivity index (χ0) is 30.1. The summed E-state index contributed by atoms with van der Waals surface area (Å²) in [6.45, 7) is 1.97. The lowest BCUT2D eigenvalue weighted by molar-refractivity contribution is -0.0579. The SMILES string of the molecule is CCS(=O)(=O)c1ccc([C@H](CO)NC(=O)c2cc3cc(CN=C(C=C(C)N)C(F)(F)F)n(C4CC4)c3cc2F)cc1. The Morgan fingerprint density at radius 3 is 2.41 bits per heavy atom. The number of amides is 1. The Morgan fingerprint density at radius 2 is 1.88 bits per heavy atom. The van der Waals surface area contributed by atoms with E-state index in [4.69, 9.17) is 5.73 Å². The van der Waals surface area contributed by atoms with Crippen molar-refractivity contribution in [2.75, 3.05) is 12.4 Å². The first-order chi connectivity index (χ1) is 19.2. The van der Waals surface area contributed by atoms with Gasteiger partial charge in [0.2, 0.25) is 0 Å². The number of carbonyl (C=O) groups excluding carboxylic acids is 1. The second kappa shape index (κ2) is 11.6. The maximum Gasteiger partial charge on any atom is 0.432 e. The van der Waals surface area contributed by atoms with Crippen LogP contribution in [0.2, 0.25) is 0 Å². The van der Waals surface area contributed by atoms with Crippen molar-refractivity contribution in [3.8, 4) is 0 Å². The highest BCUT2D eigenvalue weighted by Crippen LogP contribution is 2.40. The number of aliphatic hydroxyl groups is 1. The largest absolute Gasteiger partial charge is 0.432 e. The summed E-state index contributed by atoms with van der Waals surface area (Å²) >= 11 is 0. The Kier molecular flexibility index (Phi) is 8.59. The van der Waals surface area contributed by atoms with Gasteiger partial charge in [0, 0.05) is 22.8 Å². The summed E-state index contributed by atoms with van der Waals surface area (Å²) in [7, 11) is -3.44. The predicted octanol–water partition coefficient (Wildman–Crippen LogP) is 4.74. The number of allylic oxidation sites excluding steroid dienone is 2. The van der Waals surface area contributed by atoms with Gasteiger partial charge in [0.05, 0.1) is 40.9 Å². The molecule has 1 fully saturated rings. The number of aliphatic hydroxyl groups excluding tert-OH is 1. The lowest BCUT2D eigenvalue weighted by Crippen LogP contribution is -2.31. The molecule has 3 aromatic rings. The van der Waals surface area contributed by atoms with Gasteiger partial charge in [-0.05, 0) is 61.7 Å². The van der Waals surface area contributed by atoms with Crippen molar-refractivity contribution in [3.63, 3.8) is 0 Å². The number of rotatable bonds is 10. The van der Waals surface area contributed by atoms with Crippen molar-refractivity contribution in [1.29, 1.82) is 0 Å². The Labute approximate surface area is 234 Å². The summed E-state index contributed by atoms with van der Waals surface area (Å²) in [6, 6.07) is 8.76. The molecule has 1 heterocycles. The number of fused-ring (bicyclic) bond motifs is 1. The van der Waals surface area contributed by atoms with Crippen LogP contribution < -0.4 is 11.1 Å². The summed E-state index contributed by atoms with van der Waals surface area (Å²) < 4.78 is 81.4. The minimum absolute atomic E-state index is 0.0174. The van der Waals surface area contributed by atoms with Crippen LogP contribution in [0.3, 0.4) is 0 Å². The van der Waals surface area contributed by atoms with E-state index in [1.165, 1.54) is 50.2 Å². The number of sulfone groups is 1. The maximum atomic E-state index is 15.2. The molecule has 0 spiro atoms. The monoisotopic (exact) mass is 594 g/mol. The van der Waals surface area contributed by atoms with Gasteiger partial charge in [0.15, 0.2) is 9.84 Å². The van der Waals surface area contributed by atoms with Crippen LogP contribution in [-0.4, -0.2) is 48.2 Å². The van der Waals surface area contributed by atoms with Crippen LogP contribution in [0.1, 0.15) is 60.4 Å². The molecule has 220 valence electrons. The molecule has 8 nitrogen and oxygen atoms in total. The average molecular weight is 595 g/mol. The summed E-state index contributed by atoms with van der Waals surface area (Å²) in [4.78, 5) is 16.9. The van der Waals surface area contributed by atoms with E-state index in [1.807, 2.05) is 0 Å². The van der Waals surface area contributed by atoms with Gasteiger partial charge < -0.3 is 20.7 Å². The Hall–Kier alpha value is -3.71. The van der Waals surface area contributed by atoms with Crippen LogP contribution in [-0.2, 0) is 16.4 Å². The molecule has 13 heteroatoms. The average Bonchev–Trinajstić information content (AvgIpc) is 3.69. The van der Waals surface area contributed by atoms with Gasteiger partial charge in [-0.15, -0.1) is 0 Å². The molecule has 0 bridgehead atoms. The van der Waals surface area contributed by atoms with E-state index in [9.17, 15) is 31.5 Å². The van der Waals surface area contributed by atoms with Crippen LogP contribution >= 0.6 is 0 Å². The van der Waals surface area contributed by atoms with E-state index in [1.54, 1.807) is 10.6 Å². The topological polar surface area (TPSA) is 127 Å². The molecule has 1 aromatic heterocycles. The van der Waals surface area contributed by atoms with Crippen molar-refractivity contribution in [2.24, 2.45) is 10.7 Å². The number of benzene rings is 2. The summed E-state index contributed by atoms with van der Waals surface area (Å²) in [6.07, 6.45) is -2.41. The Balaban J connectivity index is 1.64. The first-order valence-corrected chi connectivity index (χ1v) is 14.5. The maximum absolute atomic E-state index is 15.2. The molecule has 0 unspecified atom stereocenters. The highest BCUT2D eigenvalue weighted by molar-refractivity contribution is 7.91. The molecule has 0 radical (unpaired) electrons. The van der Waals surface area contributed by atoms with Crippen molar-refractivity contribution < 1.29 is 35.9 Å². The van der Waals surface area contributed by atoms with E-state index in [2.05, 4.69) is 10.3 Å². The quantitative estimate of drug-likeness (QED) is 0.231. The van der Waals surface area contributed by atoms with Crippen LogP contribution in [0.4, 0.5) is 17.6 Å². The number of aromatic nitrogens is 1. The van der Waals surface area contributed by atoms with Crippen molar-refractivity contribution in [3.05, 3.63) is 76.9 Å². The van der Waals surface area contributed by atoms with E-state index < -0.39 is 46.1 Å². The smallest absolute Gasteiger partial charge is 0.402 e. The number of carbonyl (C=O) groups is 1. The molecular formula is C28H30F4N4O4S. The molecule has 2 aromatic carbocycles. The molecule has 1 amide bonds. The van der Waals surface area contributed by atoms with E-state index in [-0.39, 0.29) is 34.5 Å². The molecule has 1 aliphatic rings. The van der Waals surface area contributed by atoms with Crippen molar-refractivity contribution in [2.45, 2.75) is 56.4 Å². The number of nitrogens with two attached hydrogens (primary N) is 1. The van der Waals surface area contributed by atoms with Crippen molar-refractivity contribution in [1.82, 2.24) is 9.88 Å². The van der Waals surface area contributed by atoms with Gasteiger partial charge in [0.1, 0.15) is 11.5 Å². The van der Waals surface area contributed by atoms with Gasteiger partial charge in [0.25, 0.3) is 5.91 Å². The number of alkyl halides is 3. The molecule has 4 rings (SSSR count). The molecule has 1 saturated carbocycles. The minimum atomic E-state index is -4.71. The lowest BCUT2D eigenvalue weighted by atomic mass is 10.1. The summed E-state index contributed by atoms with van der Waals surface area (Å²) in [5.41, 5.74) is 5.21. The molecule has 4 N–H and O–H groups in total. The fourth-order valence-electron chi connectivity index (χ4n) is 4.51. The Bertz CT molecular complexity index is 1620. The lowest BCUT2D eigenvalue weighted by Gasteiger charge is -2.18. The van der Waals surface area contributed by atoms with Crippen LogP contribution in [0, 0.1) is 5.82 Å². The summed E-state index contributed by atoms with van der Waals surface area (Å²) in [5, 5.41) is 12.9. The number of nitrogens with zero attached hydrogens (tertiary/aromatic N) is 2. The van der Waals surface area contributed by atoms with Crippen LogP contribution in [0.25, 0.3) is 10.9 Å². The molecule has 0 saturated heterocycles. The number of nitrogens with one attached hydrogen (secondary N) is 1. The fraction of sp³-hybridized carbons (Fsp3) is 0.357. The standard InChI is InChI=1S/C28H30F4N4O4S/c1-3-41(39,40)21-8-4-17(5-9-21)24(15-37)35-27(38)22-12-18-11-20(14-34-26(10-16(2)33)28(30,31)32)36(19-6-7-19)25(18)13-23(22)29/h4-5,8-13,19,24,37H,3,6-7,14-15,33H2,1-2H3,(H,35,38)/t24-/m0/s1. The molecule has 0 aliphatic heterocycles. The highest BCUT2D eigenvalue weighted by atomic mass is 32.2. The first-order valence-electron chi connectivity index (χ1n) is 12.9. The van der Waals surface area contributed by atoms with E-state index in [0.717, 1.165) is 18.9 Å². The van der Waals surface area contributed by atoms with Crippen molar-refractivity contribution >= 4 is 32.4 Å². The number of hydrogen-bond acceptors (Lipinski definition) is 6. The highest BCUT2D eigenvalue weighted by Gasteiger charge is 2.34. The second-order valence-electron chi connectivity index (χ2n) is 9.90. The van der Waals surface area contributed by atoms with Gasteiger partial charge in [-0.2, -0.15) is 13.2 Å². The Morgan fingerprint density at radius 1 is 1.22 bits per heavy atom. The van der Waals surface area contributed by atoms with Crippen LogP contribution in [0.5, 0.6) is 0 Å². The first kappa shape index (κ1) is 30.3. The molecule has 41 heavy (non-hydrogen) atoms. The normalized spacial score (nSPS) is 15.8. The van der Waals surface area contributed by atoms with Gasteiger partial charge in [-0.1, -0.05) is 19.1 Å². The minimum Gasteiger partial charge on any atom is -0.402 e. The third-order valence-electron chi connectivity index (χ3n) is 6.74. The third kappa shape index (κ3) is 6.79. The number of hydrogen-bond donors (Lipinski definition) is 3. The van der Waals surface area contributed by atoms with Gasteiger partial charge in [-0.3, -0.25) is 9.79 Å². The number of aliphatic imine (C=N–C) groups is 1. The fourth-order valence-corrected chi connectivity index (χ4v) is 5.39. The zero-order valence-electron chi connectivity index (χ0n) is 22.4. The third-order valence-corrected chi connectivity index (χ3v) is 8.49. The number of halogens is 4. The predicted molar refractivity (Wildman–Crippen MR) is 147 cm³/mol. The summed E-state index contributed by atoms with van der Waals surface area (Å²) in [5.74, 6) is -1.75.